The highest BCUT2D eigenvalue weighted by Crippen LogP contribution is 2.26. The predicted molar refractivity (Wildman–Crippen MR) is 80.2 cm³/mol. The van der Waals surface area contributed by atoms with Gasteiger partial charge in [0, 0.05) is 0 Å². The van der Waals surface area contributed by atoms with Crippen molar-refractivity contribution in [3.63, 3.8) is 0 Å². The molecule has 0 amide bonds. The molecule has 0 heterocycles. The van der Waals surface area contributed by atoms with E-state index in [0.29, 0.717) is 0 Å². The maximum atomic E-state index is 5.41. The van der Waals surface area contributed by atoms with Gasteiger partial charge in [-0.1, -0.05) is 13.8 Å². The second-order valence-electron chi connectivity index (χ2n) is 4.96. The third kappa shape index (κ3) is 5.52. The first kappa shape index (κ1) is 15.8. The average molecular weight is 265 g/mol. The highest BCUT2D eigenvalue weighted by molar-refractivity contribution is 5.40. The number of methoxy groups -OCH3 is 2. The van der Waals surface area contributed by atoms with Gasteiger partial charge in [0.15, 0.2) is 0 Å². The van der Waals surface area contributed by atoms with Gasteiger partial charge in [0.25, 0.3) is 0 Å². The number of hydrogen-bond acceptors (Lipinski definition) is 3. The summed E-state index contributed by atoms with van der Waals surface area (Å²) in [4.78, 5) is 0. The van der Waals surface area contributed by atoms with Crippen LogP contribution < -0.4 is 14.8 Å². The largest absolute Gasteiger partial charge is 0.497 e. The Balaban J connectivity index is 2.51. The summed E-state index contributed by atoms with van der Waals surface area (Å²) in [6.45, 7) is 6.61. The van der Waals surface area contributed by atoms with Crippen LogP contribution in [0.3, 0.4) is 0 Å². The van der Waals surface area contributed by atoms with E-state index in [1.807, 2.05) is 12.1 Å². The van der Waals surface area contributed by atoms with Gasteiger partial charge in [-0.2, -0.15) is 0 Å². The Kier molecular flexibility index (Phi) is 7.34. The second kappa shape index (κ2) is 8.81. The fraction of sp³-hybridized carbons (Fsp3) is 0.625. The molecule has 0 aliphatic rings. The molecule has 1 aromatic carbocycles. The fourth-order valence-corrected chi connectivity index (χ4v) is 2.15. The van der Waals surface area contributed by atoms with E-state index in [9.17, 15) is 0 Å². The van der Waals surface area contributed by atoms with Gasteiger partial charge < -0.3 is 14.8 Å². The minimum Gasteiger partial charge on any atom is -0.497 e. The third-order valence-electron chi connectivity index (χ3n) is 3.46. The van der Waals surface area contributed by atoms with Gasteiger partial charge in [-0.25, -0.2) is 0 Å². The first-order chi connectivity index (χ1) is 9.21. The first-order valence-electron chi connectivity index (χ1n) is 7.12. The average Bonchev–Trinajstić information content (AvgIpc) is 2.45. The molecule has 0 aromatic heterocycles. The molecular weight excluding hydrogens is 238 g/mol. The fourth-order valence-electron chi connectivity index (χ4n) is 2.15. The molecule has 0 radical (unpaired) electrons. The van der Waals surface area contributed by atoms with Crippen LogP contribution in [-0.4, -0.2) is 27.3 Å². The number of nitrogens with one attached hydrogen (secondary N) is 1. The van der Waals surface area contributed by atoms with E-state index in [-0.39, 0.29) is 0 Å². The summed E-state index contributed by atoms with van der Waals surface area (Å²) in [5.74, 6) is 2.57. The van der Waals surface area contributed by atoms with Crippen LogP contribution in [0.1, 0.15) is 32.3 Å². The lowest BCUT2D eigenvalue weighted by Gasteiger charge is -2.14. The van der Waals surface area contributed by atoms with Gasteiger partial charge in [0.05, 0.1) is 14.2 Å². The normalized spacial score (nSPS) is 12.2. The number of ether oxygens (including phenoxy) is 2. The quantitative estimate of drug-likeness (QED) is 0.695. The van der Waals surface area contributed by atoms with Crippen LogP contribution in [0.2, 0.25) is 0 Å². The van der Waals surface area contributed by atoms with Crippen molar-refractivity contribution >= 4 is 0 Å². The Morgan fingerprint density at radius 2 is 1.95 bits per heavy atom. The molecule has 1 rings (SSSR count). The monoisotopic (exact) mass is 265 g/mol. The summed E-state index contributed by atoms with van der Waals surface area (Å²) in [5.41, 5.74) is 1.23. The maximum absolute atomic E-state index is 5.41. The van der Waals surface area contributed by atoms with E-state index in [0.717, 1.165) is 36.9 Å². The summed E-state index contributed by atoms with van der Waals surface area (Å²) in [7, 11) is 3.42. The zero-order chi connectivity index (χ0) is 14.1. The Hall–Kier alpha value is -1.22. The molecule has 0 saturated carbocycles. The maximum Gasteiger partial charge on any atom is 0.122 e. The van der Waals surface area contributed by atoms with Crippen molar-refractivity contribution in [3.05, 3.63) is 23.8 Å². The van der Waals surface area contributed by atoms with Crippen molar-refractivity contribution in [1.29, 1.82) is 0 Å². The SMILES string of the molecule is CCNCCC(C)CCc1cc(OC)ccc1OC. The van der Waals surface area contributed by atoms with Crippen LogP contribution >= 0.6 is 0 Å². The van der Waals surface area contributed by atoms with Crippen molar-refractivity contribution in [3.8, 4) is 11.5 Å². The van der Waals surface area contributed by atoms with Gasteiger partial charge in [0.1, 0.15) is 11.5 Å². The van der Waals surface area contributed by atoms with E-state index in [1.54, 1.807) is 14.2 Å². The van der Waals surface area contributed by atoms with Crippen LogP contribution in [0.5, 0.6) is 11.5 Å². The lowest BCUT2D eigenvalue weighted by atomic mass is 9.97. The first-order valence-corrected chi connectivity index (χ1v) is 7.12. The molecule has 1 aromatic rings. The zero-order valence-corrected chi connectivity index (χ0v) is 12.7. The van der Waals surface area contributed by atoms with E-state index in [4.69, 9.17) is 9.47 Å². The van der Waals surface area contributed by atoms with Gasteiger partial charge in [-0.15, -0.1) is 0 Å². The summed E-state index contributed by atoms with van der Waals surface area (Å²) < 4.78 is 10.7. The molecule has 0 bridgehead atoms. The molecule has 3 nitrogen and oxygen atoms in total. The van der Waals surface area contributed by atoms with Crippen LogP contribution in [0.4, 0.5) is 0 Å². The molecule has 0 fully saturated rings. The summed E-state index contributed by atoms with van der Waals surface area (Å²) in [5, 5.41) is 3.37. The molecule has 19 heavy (non-hydrogen) atoms. The molecule has 0 aliphatic heterocycles. The Bertz CT molecular complexity index is 366. The second-order valence-corrected chi connectivity index (χ2v) is 4.96. The van der Waals surface area contributed by atoms with Crippen LogP contribution in [0, 0.1) is 5.92 Å². The highest BCUT2D eigenvalue weighted by atomic mass is 16.5. The van der Waals surface area contributed by atoms with E-state index in [2.05, 4.69) is 25.2 Å². The topological polar surface area (TPSA) is 30.5 Å². The van der Waals surface area contributed by atoms with Crippen molar-refractivity contribution < 1.29 is 9.47 Å². The molecular formula is C16H27NO2. The highest BCUT2D eigenvalue weighted by Gasteiger charge is 2.08. The predicted octanol–water partition coefficient (Wildman–Crippen LogP) is 3.27. The van der Waals surface area contributed by atoms with Crippen LogP contribution in [0.25, 0.3) is 0 Å². The Labute approximate surface area is 117 Å². The number of hydrogen-bond donors (Lipinski definition) is 1. The minimum absolute atomic E-state index is 0.718. The molecule has 0 spiro atoms. The van der Waals surface area contributed by atoms with Gasteiger partial charge >= 0.3 is 0 Å². The van der Waals surface area contributed by atoms with Gasteiger partial charge in [-0.05, 0) is 62.0 Å². The summed E-state index contributed by atoms with van der Waals surface area (Å²) >= 11 is 0. The Morgan fingerprint density at radius 1 is 1.16 bits per heavy atom. The Morgan fingerprint density at radius 3 is 2.58 bits per heavy atom. The van der Waals surface area contributed by atoms with E-state index >= 15 is 0 Å². The molecule has 1 unspecified atom stereocenters. The number of rotatable bonds is 9. The van der Waals surface area contributed by atoms with Crippen LogP contribution in [0.15, 0.2) is 18.2 Å². The summed E-state index contributed by atoms with van der Waals surface area (Å²) in [6.07, 6.45) is 3.43. The molecule has 0 saturated heterocycles. The molecule has 0 aliphatic carbocycles. The molecule has 1 atom stereocenters. The van der Waals surface area contributed by atoms with Crippen molar-refractivity contribution in [1.82, 2.24) is 5.32 Å². The third-order valence-corrected chi connectivity index (χ3v) is 3.46. The van der Waals surface area contributed by atoms with Crippen molar-refractivity contribution in [2.24, 2.45) is 5.92 Å². The number of aryl methyl sites for hydroxylation is 1. The molecule has 3 heteroatoms. The van der Waals surface area contributed by atoms with Gasteiger partial charge in [0.2, 0.25) is 0 Å². The van der Waals surface area contributed by atoms with E-state index in [1.165, 1.54) is 18.4 Å². The van der Waals surface area contributed by atoms with Crippen molar-refractivity contribution in [2.75, 3.05) is 27.3 Å². The van der Waals surface area contributed by atoms with Crippen LogP contribution in [-0.2, 0) is 6.42 Å². The smallest absolute Gasteiger partial charge is 0.122 e. The standard InChI is InChI=1S/C16H27NO2/c1-5-17-11-10-13(2)6-7-14-12-15(18-3)8-9-16(14)19-4/h8-9,12-13,17H,5-7,10-11H2,1-4H3. The lowest BCUT2D eigenvalue weighted by molar-refractivity contribution is 0.395. The molecule has 1 N–H and O–H groups in total. The van der Waals surface area contributed by atoms with Crippen molar-refractivity contribution in [2.45, 2.75) is 33.1 Å². The zero-order valence-electron chi connectivity index (χ0n) is 12.7. The minimum atomic E-state index is 0.718. The number of benzene rings is 1. The lowest BCUT2D eigenvalue weighted by Crippen LogP contribution is -2.16. The summed E-state index contributed by atoms with van der Waals surface area (Å²) in [6, 6.07) is 6.00. The molecule has 108 valence electrons. The van der Waals surface area contributed by atoms with Gasteiger partial charge in [-0.3, -0.25) is 0 Å². The van der Waals surface area contributed by atoms with E-state index < -0.39 is 0 Å².